The minimum atomic E-state index is -1.02. The predicted molar refractivity (Wildman–Crippen MR) is 180 cm³/mol. The first kappa shape index (κ1) is 27.9. The van der Waals surface area contributed by atoms with Crippen molar-refractivity contribution in [2.45, 2.75) is 0 Å². The van der Waals surface area contributed by atoms with Gasteiger partial charge in [-0.15, -0.1) is 12.8 Å². The zero-order chi connectivity index (χ0) is 31.9. The fourth-order valence-electron chi connectivity index (χ4n) is 5.68. The third kappa shape index (κ3) is 4.73. The quantitative estimate of drug-likeness (QED) is 0.157. The predicted octanol–water partition coefficient (Wildman–Crippen LogP) is 7.35. The Balaban J connectivity index is 1.64. The van der Waals surface area contributed by atoms with E-state index in [1.807, 2.05) is 48.6 Å². The number of aromatic nitrogens is 4. The maximum atomic E-state index is 11.6. The van der Waals surface area contributed by atoms with Gasteiger partial charge in [-0.05, 0) is 84.0 Å². The van der Waals surface area contributed by atoms with Gasteiger partial charge in [0.15, 0.2) is 0 Å². The number of fused-ring (bicyclic) bond motifs is 8. The Labute approximate surface area is 262 Å². The zero-order valence-corrected chi connectivity index (χ0v) is 24.0. The van der Waals surface area contributed by atoms with Gasteiger partial charge in [-0.25, -0.2) is 19.6 Å². The second-order valence-electron chi connectivity index (χ2n) is 10.6. The van der Waals surface area contributed by atoms with Crippen molar-refractivity contribution in [1.82, 2.24) is 19.9 Å². The minimum absolute atomic E-state index is 0.160. The number of H-pyrrole nitrogens is 2. The fraction of sp³-hybridized carbons (Fsp3) is 0. The molecule has 0 aliphatic carbocycles. The molecule has 2 aromatic carbocycles. The molecule has 0 saturated heterocycles. The number of terminal acetylenes is 2. The van der Waals surface area contributed by atoms with Crippen LogP contribution in [0.1, 0.15) is 54.6 Å². The lowest BCUT2D eigenvalue weighted by Crippen LogP contribution is -1.95. The summed E-state index contributed by atoms with van der Waals surface area (Å²) >= 11 is 0. The average Bonchev–Trinajstić information content (AvgIpc) is 3.89. The molecule has 0 amide bonds. The van der Waals surface area contributed by atoms with Crippen LogP contribution < -0.4 is 0 Å². The molecule has 46 heavy (non-hydrogen) atoms. The smallest absolute Gasteiger partial charge is 0.335 e. The summed E-state index contributed by atoms with van der Waals surface area (Å²) in [5, 5.41) is 19.0. The molecule has 8 bridgehead atoms. The highest BCUT2D eigenvalue weighted by molar-refractivity contribution is 5.97. The molecule has 0 unspecified atom stereocenters. The van der Waals surface area contributed by atoms with Crippen molar-refractivity contribution in [3.8, 4) is 46.9 Å². The molecular weight excluding hydrogens is 576 g/mol. The van der Waals surface area contributed by atoms with Crippen LogP contribution in [-0.2, 0) is 0 Å². The second-order valence-corrected chi connectivity index (χ2v) is 10.6. The van der Waals surface area contributed by atoms with Crippen LogP contribution in [0.4, 0.5) is 0 Å². The monoisotopic (exact) mass is 598 g/mol. The molecule has 0 radical (unpaired) electrons. The first-order chi connectivity index (χ1) is 22.3. The molecule has 7 rings (SSSR count). The number of aromatic carboxylic acids is 2. The van der Waals surface area contributed by atoms with E-state index >= 15 is 0 Å². The summed E-state index contributed by atoms with van der Waals surface area (Å²) in [6.07, 6.45) is 19.4. The van der Waals surface area contributed by atoms with Crippen molar-refractivity contribution in [3.05, 3.63) is 118 Å². The number of hydrogen-bond acceptors (Lipinski definition) is 4. The number of carboxylic acid groups (broad SMARTS) is 2. The van der Waals surface area contributed by atoms with Gasteiger partial charge < -0.3 is 20.2 Å². The van der Waals surface area contributed by atoms with Crippen LogP contribution in [0.15, 0.2) is 72.8 Å². The Kier molecular flexibility index (Phi) is 6.66. The number of rotatable bonds is 4. The zero-order valence-electron chi connectivity index (χ0n) is 24.0. The van der Waals surface area contributed by atoms with Gasteiger partial charge in [-0.1, -0.05) is 36.1 Å². The lowest BCUT2D eigenvalue weighted by Gasteiger charge is -2.06. The number of benzene rings is 2. The Bertz CT molecular complexity index is 2260. The molecule has 2 aliphatic heterocycles. The highest BCUT2D eigenvalue weighted by atomic mass is 16.4. The summed E-state index contributed by atoms with van der Waals surface area (Å²) in [7, 11) is 0. The van der Waals surface area contributed by atoms with Crippen LogP contribution in [-0.4, -0.2) is 42.1 Å². The molecule has 0 saturated carbocycles. The molecule has 8 nitrogen and oxygen atoms in total. The van der Waals surface area contributed by atoms with Crippen molar-refractivity contribution in [3.63, 3.8) is 0 Å². The van der Waals surface area contributed by atoms with Crippen molar-refractivity contribution in [1.29, 1.82) is 0 Å². The number of carboxylic acids is 2. The third-order valence-electron chi connectivity index (χ3n) is 7.88. The summed E-state index contributed by atoms with van der Waals surface area (Å²) in [6.45, 7) is 0. The van der Waals surface area contributed by atoms with Gasteiger partial charge in [0.25, 0.3) is 0 Å². The molecule has 0 atom stereocenters. The van der Waals surface area contributed by atoms with Crippen LogP contribution in [0, 0.1) is 24.7 Å². The highest BCUT2D eigenvalue weighted by Crippen LogP contribution is 2.35. The van der Waals surface area contributed by atoms with Crippen molar-refractivity contribution in [2.24, 2.45) is 0 Å². The average molecular weight is 599 g/mol. The topological polar surface area (TPSA) is 132 Å². The SMILES string of the molecule is C#Cc1c2nc(c(-c3ccc(C(=O)O)cc3)c3ccc([nH]3)c(-c3ccc(C(=O)O)cc3)c3nc(c(C#C)c4ccc1[nH]4)C=C3)C=C2. The van der Waals surface area contributed by atoms with E-state index in [1.54, 1.807) is 48.5 Å². The van der Waals surface area contributed by atoms with Gasteiger partial charge >= 0.3 is 11.9 Å². The van der Waals surface area contributed by atoms with Crippen LogP contribution in [0.3, 0.4) is 0 Å². The van der Waals surface area contributed by atoms with Crippen molar-refractivity contribution < 1.29 is 19.8 Å². The molecule has 3 aromatic heterocycles. The Hall–Kier alpha value is -6.90. The molecule has 218 valence electrons. The van der Waals surface area contributed by atoms with E-state index < -0.39 is 11.9 Å². The highest BCUT2D eigenvalue weighted by Gasteiger charge is 2.17. The second kappa shape index (κ2) is 11.0. The van der Waals surface area contributed by atoms with Gasteiger partial charge in [-0.3, -0.25) is 0 Å². The van der Waals surface area contributed by atoms with Crippen LogP contribution >= 0.6 is 0 Å². The Morgan fingerprint density at radius 1 is 0.522 bits per heavy atom. The lowest BCUT2D eigenvalue weighted by molar-refractivity contribution is 0.0686. The van der Waals surface area contributed by atoms with Crippen LogP contribution in [0.5, 0.6) is 0 Å². The van der Waals surface area contributed by atoms with Crippen LogP contribution in [0.25, 0.3) is 68.6 Å². The first-order valence-electron chi connectivity index (χ1n) is 14.1. The molecule has 0 fully saturated rings. The third-order valence-corrected chi connectivity index (χ3v) is 7.88. The standard InChI is InChI=1S/C38H22N4O4/c1-3-25-27-13-14-28(39-27)26(4-2)30-16-18-32(41-30)36(22-7-11-24(12-8-22)38(45)46)34-20-19-33(42-34)35(31-17-15-29(25)40-31)21-5-9-23(10-6-21)37(43)44/h1-2,5-20,39,42H,(H,43,44)(H,45,46). The fourth-order valence-corrected chi connectivity index (χ4v) is 5.68. The molecular formula is C38H22N4O4. The van der Waals surface area contributed by atoms with E-state index in [0.717, 1.165) is 22.3 Å². The van der Waals surface area contributed by atoms with Gasteiger partial charge in [-0.2, -0.15) is 0 Å². The van der Waals surface area contributed by atoms with Gasteiger partial charge in [0.05, 0.1) is 56.1 Å². The molecule has 5 heterocycles. The molecule has 8 heteroatoms. The summed E-state index contributed by atoms with van der Waals surface area (Å²) in [4.78, 5) is 39.9. The molecule has 5 aromatic rings. The summed E-state index contributed by atoms with van der Waals surface area (Å²) in [5.41, 5.74) is 9.48. The van der Waals surface area contributed by atoms with Gasteiger partial charge in [0, 0.05) is 22.2 Å². The van der Waals surface area contributed by atoms with E-state index in [-0.39, 0.29) is 11.1 Å². The maximum absolute atomic E-state index is 11.6. The first-order valence-corrected chi connectivity index (χ1v) is 14.1. The maximum Gasteiger partial charge on any atom is 0.335 e. The Morgan fingerprint density at radius 2 is 0.870 bits per heavy atom. The lowest BCUT2D eigenvalue weighted by atomic mass is 10.0. The van der Waals surface area contributed by atoms with E-state index in [2.05, 4.69) is 21.8 Å². The van der Waals surface area contributed by atoms with Crippen molar-refractivity contribution >= 4 is 58.3 Å². The van der Waals surface area contributed by atoms with Gasteiger partial charge in [0.1, 0.15) is 0 Å². The normalized spacial score (nSPS) is 11.6. The number of nitrogens with one attached hydrogen (secondary N) is 2. The number of aromatic amines is 2. The summed E-state index contributed by atoms with van der Waals surface area (Å²) in [6, 6.07) is 20.7. The number of hydrogen-bond donors (Lipinski definition) is 4. The summed E-state index contributed by atoms with van der Waals surface area (Å²) < 4.78 is 0. The summed E-state index contributed by atoms with van der Waals surface area (Å²) in [5.74, 6) is 3.48. The molecule has 0 spiro atoms. The van der Waals surface area contributed by atoms with Gasteiger partial charge in [0.2, 0.25) is 0 Å². The number of nitrogens with zero attached hydrogens (tertiary/aromatic N) is 2. The van der Waals surface area contributed by atoms with Crippen LogP contribution in [0.2, 0.25) is 0 Å². The van der Waals surface area contributed by atoms with E-state index in [4.69, 9.17) is 22.8 Å². The minimum Gasteiger partial charge on any atom is -0.478 e. The largest absolute Gasteiger partial charge is 0.478 e. The van der Waals surface area contributed by atoms with E-state index in [1.165, 1.54) is 0 Å². The molecule has 4 N–H and O–H groups in total. The molecule has 2 aliphatic rings. The van der Waals surface area contributed by atoms with Crippen molar-refractivity contribution in [2.75, 3.05) is 0 Å². The van der Waals surface area contributed by atoms with E-state index in [0.29, 0.717) is 56.0 Å². The van der Waals surface area contributed by atoms with E-state index in [9.17, 15) is 19.8 Å². The Morgan fingerprint density at radius 3 is 1.24 bits per heavy atom. The number of carbonyl (C=O) groups is 2.